The fraction of sp³-hybridized carbons (Fsp3) is 0.333. The summed E-state index contributed by atoms with van der Waals surface area (Å²) in [4.78, 5) is 11.8. The topological polar surface area (TPSA) is 47.5 Å². The van der Waals surface area contributed by atoms with Gasteiger partial charge in [0.2, 0.25) is 0 Å². The fourth-order valence-electron chi connectivity index (χ4n) is 3.47. The molecule has 1 saturated heterocycles. The van der Waals surface area contributed by atoms with Gasteiger partial charge in [-0.15, -0.1) is 0 Å². The molecule has 3 aromatic rings. The van der Waals surface area contributed by atoms with Crippen molar-refractivity contribution in [3.8, 4) is 22.6 Å². The second-order valence-corrected chi connectivity index (χ2v) is 6.55. The van der Waals surface area contributed by atoms with Gasteiger partial charge in [0.15, 0.2) is 11.5 Å². The van der Waals surface area contributed by atoms with Gasteiger partial charge in [-0.2, -0.15) is 0 Å². The number of fused-ring (bicyclic) bond motifs is 1. The molecule has 2 heterocycles. The van der Waals surface area contributed by atoms with Gasteiger partial charge in [0.05, 0.1) is 31.4 Å². The number of anilines is 1. The number of aromatic nitrogens is 2. The minimum absolute atomic E-state index is 0.721. The van der Waals surface area contributed by atoms with Crippen molar-refractivity contribution in [1.29, 1.82) is 0 Å². The Bertz CT molecular complexity index is 920. The molecule has 1 aliphatic heterocycles. The van der Waals surface area contributed by atoms with Crippen LogP contribution in [-0.2, 0) is 0 Å². The van der Waals surface area contributed by atoms with E-state index in [0.29, 0.717) is 0 Å². The molecule has 134 valence electrons. The molecule has 0 saturated carbocycles. The van der Waals surface area contributed by atoms with Crippen molar-refractivity contribution >= 4 is 16.9 Å². The van der Waals surface area contributed by atoms with Gasteiger partial charge in [-0.05, 0) is 54.7 Å². The Morgan fingerprint density at radius 2 is 1.54 bits per heavy atom. The summed E-state index contributed by atoms with van der Waals surface area (Å²) >= 11 is 0. The highest BCUT2D eigenvalue weighted by atomic mass is 16.5. The smallest absolute Gasteiger partial charge is 0.161 e. The molecule has 0 aliphatic carbocycles. The molecule has 0 N–H and O–H groups in total. The number of nitrogens with zero attached hydrogens (tertiary/aromatic N) is 3. The van der Waals surface area contributed by atoms with Crippen molar-refractivity contribution in [3.05, 3.63) is 42.6 Å². The van der Waals surface area contributed by atoms with Crippen molar-refractivity contribution in [2.45, 2.75) is 19.3 Å². The molecule has 0 unspecified atom stereocenters. The Balaban J connectivity index is 1.72. The van der Waals surface area contributed by atoms with Gasteiger partial charge in [0.1, 0.15) is 5.82 Å². The maximum absolute atomic E-state index is 5.42. The van der Waals surface area contributed by atoms with Crippen molar-refractivity contribution in [3.63, 3.8) is 0 Å². The van der Waals surface area contributed by atoms with Gasteiger partial charge in [0.25, 0.3) is 0 Å². The Labute approximate surface area is 153 Å². The van der Waals surface area contributed by atoms with E-state index in [1.165, 1.54) is 19.3 Å². The molecular weight excluding hydrogens is 326 g/mol. The van der Waals surface area contributed by atoms with Crippen molar-refractivity contribution in [2.24, 2.45) is 0 Å². The van der Waals surface area contributed by atoms with Crippen LogP contribution in [0.15, 0.2) is 42.6 Å². The maximum atomic E-state index is 5.42. The molecule has 5 nitrogen and oxygen atoms in total. The van der Waals surface area contributed by atoms with Crippen LogP contribution in [0.4, 0.5) is 5.82 Å². The molecule has 1 aliphatic rings. The number of hydrogen-bond acceptors (Lipinski definition) is 5. The summed E-state index contributed by atoms with van der Waals surface area (Å²) in [5, 5.41) is 0. The molecule has 5 heteroatoms. The van der Waals surface area contributed by atoms with Crippen LogP contribution < -0.4 is 14.4 Å². The Morgan fingerprint density at radius 1 is 0.808 bits per heavy atom. The average molecular weight is 349 g/mol. The lowest BCUT2D eigenvalue weighted by atomic mass is 10.0. The quantitative estimate of drug-likeness (QED) is 0.703. The van der Waals surface area contributed by atoms with Gasteiger partial charge >= 0.3 is 0 Å². The first-order chi connectivity index (χ1) is 12.8. The molecule has 26 heavy (non-hydrogen) atoms. The monoisotopic (exact) mass is 349 g/mol. The zero-order valence-electron chi connectivity index (χ0n) is 15.2. The van der Waals surface area contributed by atoms with Crippen LogP contribution in [0.5, 0.6) is 11.5 Å². The highest BCUT2D eigenvalue weighted by Crippen LogP contribution is 2.33. The summed E-state index contributed by atoms with van der Waals surface area (Å²) in [6, 6.07) is 12.1. The van der Waals surface area contributed by atoms with Gasteiger partial charge in [-0.1, -0.05) is 12.1 Å². The van der Waals surface area contributed by atoms with Gasteiger partial charge in [-0.3, -0.25) is 4.98 Å². The van der Waals surface area contributed by atoms with Crippen LogP contribution in [0.2, 0.25) is 0 Å². The normalized spacial score (nSPS) is 14.5. The Hall–Kier alpha value is -2.82. The van der Waals surface area contributed by atoms with Crippen LogP contribution in [-0.4, -0.2) is 37.3 Å². The first kappa shape index (κ1) is 16.6. The maximum Gasteiger partial charge on any atom is 0.161 e. The number of benzene rings is 2. The zero-order valence-corrected chi connectivity index (χ0v) is 15.2. The van der Waals surface area contributed by atoms with Gasteiger partial charge < -0.3 is 14.4 Å². The molecular formula is C21H23N3O2. The minimum Gasteiger partial charge on any atom is -0.493 e. The third-order valence-corrected chi connectivity index (χ3v) is 4.93. The lowest BCUT2D eigenvalue weighted by molar-refractivity contribution is 0.355. The summed E-state index contributed by atoms with van der Waals surface area (Å²) in [5.41, 5.74) is 3.98. The second kappa shape index (κ2) is 7.20. The molecule has 4 rings (SSSR count). The molecule has 0 spiro atoms. The molecule has 1 aromatic heterocycles. The number of methoxy groups -OCH3 is 2. The predicted molar refractivity (Wildman–Crippen MR) is 104 cm³/mol. The predicted octanol–water partition coefficient (Wildman–Crippen LogP) is 4.30. The number of piperidine rings is 1. The van der Waals surface area contributed by atoms with Crippen molar-refractivity contribution in [2.75, 3.05) is 32.2 Å². The fourth-order valence-corrected chi connectivity index (χ4v) is 3.47. The Kier molecular flexibility index (Phi) is 4.61. The minimum atomic E-state index is 0.721. The first-order valence-corrected chi connectivity index (χ1v) is 9.02. The molecule has 0 amide bonds. The average Bonchev–Trinajstić information content (AvgIpc) is 2.73. The summed E-state index contributed by atoms with van der Waals surface area (Å²) in [5.74, 6) is 2.42. The number of rotatable bonds is 4. The van der Waals surface area contributed by atoms with Crippen LogP contribution >= 0.6 is 0 Å². The summed E-state index contributed by atoms with van der Waals surface area (Å²) in [7, 11) is 3.30. The van der Waals surface area contributed by atoms with Crippen molar-refractivity contribution < 1.29 is 9.47 Å². The SMILES string of the molecule is COc1ccc(-c2ccc3ncc(N4CCCCC4)nc3c2)cc1OC. The summed E-state index contributed by atoms with van der Waals surface area (Å²) < 4.78 is 10.8. The van der Waals surface area contributed by atoms with E-state index in [-0.39, 0.29) is 0 Å². The first-order valence-electron chi connectivity index (χ1n) is 9.02. The second-order valence-electron chi connectivity index (χ2n) is 6.55. The summed E-state index contributed by atoms with van der Waals surface area (Å²) in [6.45, 7) is 2.13. The highest BCUT2D eigenvalue weighted by molar-refractivity contribution is 5.82. The standard InChI is InChI=1S/C21H23N3O2/c1-25-19-9-7-16(13-20(19)26-2)15-6-8-17-18(12-15)23-21(14-22-17)24-10-4-3-5-11-24/h6-9,12-14H,3-5,10-11H2,1-2H3. The Morgan fingerprint density at radius 3 is 2.31 bits per heavy atom. The zero-order chi connectivity index (χ0) is 17.9. The van der Waals surface area contributed by atoms with Gasteiger partial charge in [0, 0.05) is 13.1 Å². The van der Waals surface area contributed by atoms with Crippen LogP contribution in [0.1, 0.15) is 19.3 Å². The highest BCUT2D eigenvalue weighted by Gasteiger charge is 2.13. The molecule has 0 atom stereocenters. The van der Waals surface area contributed by atoms with Gasteiger partial charge in [-0.25, -0.2) is 4.98 Å². The van der Waals surface area contributed by atoms with E-state index in [1.807, 2.05) is 30.5 Å². The van der Waals surface area contributed by atoms with E-state index in [2.05, 4.69) is 22.0 Å². The van der Waals surface area contributed by atoms with E-state index in [4.69, 9.17) is 14.5 Å². The van der Waals surface area contributed by atoms with Crippen molar-refractivity contribution in [1.82, 2.24) is 9.97 Å². The largest absolute Gasteiger partial charge is 0.493 e. The summed E-state index contributed by atoms with van der Waals surface area (Å²) in [6.07, 6.45) is 5.65. The van der Waals surface area contributed by atoms with E-state index in [9.17, 15) is 0 Å². The van der Waals surface area contributed by atoms with Crippen LogP contribution in [0, 0.1) is 0 Å². The number of hydrogen-bond donors (Lipinski definition) is 0. The molecule has 0 radical (unpaired) electrons. The van der Waals surface area contributed by atoms with E-state index >= 15 is 0 Å². The lowest BCUT2D eigenvalue weighted by Crippen LogP contribution is -2.30. The third kappa shape index (κ3) is 3.17. The number of ether oxygens (including phenoxy) is 2. The third-order valence-electron chi connectivity index (χ3n) is 4.93. The molecule has 0 bridgehead atoms. The van der Waals surface area contributed by atoms with E-state index in [1.54, 1.807) is 14.2 Å². The van der Waals surface area contributed by atoms with E-state index in [0.717, 1.165) is 52.6 Å². The van der Waals surface area contributed by atoms with Crippen LogP contribution in [0.3, 0.4) is 0 Å². The van der Waals surface area contributed by atoms with E-state index < -0.39 is 0 Å². The molecule has 2 aromatic carbocycles. The van der Waals surface area contributed by atoms with Crippen LogP contribution in [0.25, 0.3) is 22.2 Å². The molecule has 1 fully saturated rings. The lowest BCUT2D eigenvalue weighted by Gasteiger charge is -2.27.